The van der Waals surface area contributed by atoms with E-state index in [0.29, 0.717) is 5.02 Å². The number of anilines is 1. The second kappa shape index (κ2) is 8.74. The Balaban J connectivity index is 1.67. The highest BCUT2D eigenvalue weighted by atomic mass is 35.5. The van der Waals surface area contributed by atoms with Gasteiger partial charge in [-0.05, 0) is 36.8 Å². The van der Waals surface area contributed by atoms with E-state index in [-0.39, 0.29) is 0 Å². The molecule has 4 heteroatoms. The first-order valence-corrected chi connectivity index (χ1v) is 9.37. The van der Waals surface area contributed by atoms with Crippen LogP contribution in [0.3, 0.4) is 0 Å². The SMILES string of the molecule is CC[n+]1c(/C=C/C=C/C=Cc2ccc(N(C)C)cc2)oc2ccc(Cl)cc21. The molecule has 1 aromatic heterocycles. The van der Waals surface area contributed by atoms with Gasteiger partial charge >= 0.3 is 5.89 Å². The van der Waals surface area contributed by atoms with E-state index in [1.807, 2.05) is 62.7 Å². The second-order valence-electron chi connectivity index (χ2n) is 6.39. The van der Waals surface area contributed by atoms with Gasteiger partial charge in [0.25, 0.3) is 5.52 Å². The molecule has 1 heterocycles. The van der Waals surface area contributed by atoms with Gasteiger partial charge in [0.2, 0.25) is 5.58 Å². The molecule has 0 aliphatic heterocycles. The molecule has 3 aromatic rings. The fourth-order valence-electron chi connectivity index (χ4n) is 2.84. The van der Waals surface area contributed by atoms with Gasteiger partial charge in [-0.3, -0.25) is 0 Å². The van der Waals surface area contributed by atoms with Crippen LogP contribution >= 0.6 is 11.6 Å². The third kappa shape index (κ3) is 4.69. The van der Waals surface area contributed by atoms with E-state index in [1.54, 1.807) is 0 Å². The van der Waals surface area contributed by atoms with Gasteiger partial charge < -0.3 is 9.32 Å². The summed E-state index contributed by atoms with van der Waals surface area (Å²) < 4.78 is 8.02. The molecule has 0 saturated heterocycles. The number of allylic oxidation sites excluding steroid dienone is 4. The number of benzene rings is 2. The minimum absolute atomic E-state index is 0.713. The molecule has 0 unspecified atom stereocenters. The number of aromatic nitrogens is 1. The highest BCUT2D eigenvalue weighted by Gasteiger charge is 2.18. The Labute approximate surface area is 165 Å². The van der Waals surface area contributed by atoms with Crippen molar-refractivity contribution in [3.63, 3.8) is 0 Å². The minimum Gasteiger partial charge on any atom is -0.398 e. The zero-order valence-corrected chi connectivity index (χ0v) is 16.6. The summed E-state index contributed by atoms with van der Waals surface area (Å²) in [5, 5.41) is 0.713. The molecule has 0 aliphatic carbocycles. The molecule has 0 N–H and O–H groups in total. The van der Waals surface area contributed by atoms with Crippen molar-refractivity contribution in [2.24, 2.45) is 0 Å². The Morgan fingerprint density at radius 3 is 2.33 bits per heavy atom. The quantitative estimate of drug-likeness (QED) is 0.402. The highest BCUT2D eigenvalue weighted by molar-refractivity contribution is 6.31. The Morgan fingerprint density at radius 2 is 1.67 bits per heavy atom. The summed E-state index contributed by atoms with van der Waals surface area (Å²) >= 11 is 6.10. The van der Waals surface area contributed by atoms with Crippen LogP contribution in [0.2, 0.25) is 5.02 Å². The van der Waals surface area contributed by atoms with Crippen molar-refractivity contribution in [1.82, 2.24) is 0 Å². The molecule has 0 atom stereocenters. The van der Waals surface area contributed by atoms with Crippen LogP contribution in [-0.4, -0.2) is 14.1 Å². The van der Waals surface area contributed by atoms with Gasteiger partial charge in [0.05, 0.1) is 6.08 Å². The number of halogens is 1. The van der Waals surface area contributed by atoms with Crippen LogP contribution < -0.4 is 9.47 Å². The van der Waals surface area contributed by atoms with E-state index in [2.05, 4.69) is 46.7 Å². The van der Waals surface area contributed by atoms with Gasteiger partial charge in [0.15, 0.2) is 0 Å². The predicted molar refractivity (Wildman–Crippen MR) is 115 cm³/mol. The first-order valence-electron chi connectivity index (χ1n) is 8.99. The maximum atomic E-state index is 6.10. The van der Waals surface area contributed by atoms with Crippen molar-refractivity contribution in [1.29, 1.82) is 0 Å². The Hall–Kier alpha value is -2.78. The lowest BCUT2D eigenvalue weighted by atomic mass is 10.2. The lowest BCUT2D eigenvalue weighted by Crippen LogP contribution is -2.33. The average molecular weight is 380 g/mol. The second-order valence-corrected chi connectivity index (χ2v) is 6.82. The summed E-state index contributed by atoms with van der Waals surface area (Å²) in [6, 6.07) is 14.1. The topological polar surface area (TPSA) is 20.3 Å². The van der Waals surface area contributed by atoms with Crippen molar-refractivity contribution in [2.45, 2.75) is 13.5 Å². The van der Waals surface area contributed by atoms with Crippen LogP contribution in [0.15, 0.2) is 71.2 Å². The molecule has 0 saturated carbocycles. The van der Waals surface area contributed by atoms with Crippen LogP contribution in [0.1, 0.15) is 18.4 Å². The molecule has 138 valence electrons. The molecule has 0 spiro atoms. The van der Waals surface area contributed by atoms with Crippen LogP contribution in [-0.2, 0) is 6.54 Å². The molecule has 3 rings (SSSR count). The standard InChI is InChI=1S/C23H24ClN2O/c1-4-26-21-17-19(24)13-16-22(21)27-23(26)10-8-6-5-7-9-18-11-14-20(15-12-18)25(2)3/h5-17H,4H2,1-3H3/q+1. The van der Waals surface area contributed by atoms with Crippen LogP contribution in [0.5, 0.6) is 0 Å². The maximum Gasteiger partial charge on any atom is 0.374 e. The Kier molecular flexibility index (Phi) is 6.15. The van der Waals surface area contributed by atoms with Gasteiger partial charge in [-0.2, -0.15) is 4.57 Å². The first kappa shape index (κ1) is 19.0. The number of hydrogen-bond donors (Lipinski definition) is 0. The van der Waals surface area contributed by atoms with E-state index in [0.717, 1.165) is 23.5 Å². The molecule has 3 nitrogen and oxygen atoms in total. The van der Waals surface area contributed by atoms with E-state index < -0.39 is 0 Å². The molecule has 0 amide bonds. The number of fused-ring (bicyclic) bond motifs is 1. The van der Waals surface area contributed by atoms with Gasteiger partial charge in [0, 0.05) is 30.9 Å². The van der Waals surface area contributed by atoms with E-state index in [4.69, 9.17) is 16.0 Å². The lowest BCUT2D eigenvalue weighted by Gasteiger charge is -2.11. The molecule has 2 aromatic carbocycles. The monoisotopic (exact) mass is 379 g/mol. The van der Waals surface area contributed by atoms with Crippen molar-refractivity contribution < 1.29 is 8.98 Å². The summed E-state index contributed by atoms with van der Waals surface area (Å²) in [5.74, 6) is 0.808. The van der Waals surface area contributed by atoms with Crippen molar-refractivity contribution in [3.8, 4) is 0 Å². The molecular formula is C23H24ClN2O+. The molecule has 0 radical (unpaired) electrons. The fourth-order valence-corrected chi connectivity index (χ4v) is 3.01. The van der Waals surface area contributed by atoms with Gasteiger partial charge in [-0.15, -0.1) is 0 Å². The molecule has 27 heavy (non-hydrogen) atoms. The summed E-state index contributed by atoms with van der Waals surface area (Å²) in [4.78, 5) is 2.09. The van der Waals surface area contributed by atoms with E-state index in [9.17, 15) is 0 Å². The number of hydrogen-bond acceptors (Lipinski definition) is 2. The zero-order chi connectivity index (χ0) is 19.2. The number of nitrogens with zero attached hydrogens (tertiary/aromatic N) is 2. The van der Waals surface area contributed by atoms with Gasteiger partial charge in [-0.25, -0.2) is 0 Å². The third-order valence-electron chi connectivity index (χ3n) is 4.28. The van der Waals surface area contributed by atoms with E-state index >= 15 is 0 Å². The van der Waals surface area contributed by atoms with Crippen molar-refractivity contribution in [3.05, 3.63) is 83.2 Å². The van der Waals surface area contributed by atoms with Crippen molar-refractivity contribution >= 4 is 40.5 Å². The summed E-state index contributed by atoms with van der Waals surface area (Å²) in [7, 11) is 4.08. The summed E-state index contributed by atoms with van der Waals surface area (Å²) in [6.45, 7) is 2.91. The lowest BCUT2D eigenvalue weighted by molar-refractivity contribution is -0.674. The molecule has 0 fully saturated rings. The Bertz CT molecular complexity index is 995. The minimum atomic E-state index is 0.713. The van der Waals surface area contributed by atoms with Crippen molar-refractivity contribution in [2.75, 3.05) is 19.0 Å². The highest BCUT2D eigenvalue weighted by Crippen LogP contribution is 2.19. The number of oxazole rings is 1. The maximum absolute atomic E-state index is 6.10. The average Bonchev–Trinajstić information content (AvgIpc) is 3.01. The summed E-state index contributed by atoms with van der Waals surface area (Å²) in [6.07, 6.45) is 12.1. The van der Waals surface area contributed by atoms with Gasteiger partial charge in [0.1, 0.15) is 6.54 Å². The van der Waals surface area contributed by atoms with E-state index in [1.165, 1.54) is 11.3 Å². The molecule has 0 aliphatic rings. The third-order valence-corrected chi connectivity index (χ3v) is 4.51. The smallest absolute Gasteiger partial charge is 0.374 e. The number of aryl methyl sites for hydroxylation is 1. The van der Waals surface area contributed by atoms with Crippen LogP contribution in [0.4, 0.5) is 5.69 Å². The first-order chi connectivity index (χ1) is 13.1. The normalized spacial score (nSPS) is 12.1. The Morgan fingerprint density at radius 1 is 0.963 bits per heavy atom. The van der Waals surface area contributed by atoms with Gasteiger partial charge in [-0.1, -0.05) is 54.1 Å². The predicted octanol–water partition coefficient (Wildman–Crippen LogP) is 5.74. The summed E-state index contributed by atoms with van der Waals surface area (Å²) in [5.41, 5.74) is 4.22. The molecule has 0 bridgehead atoms. The van der Waals surface area contributed by atoms with Crippen LogP contribution in [0.25, 0.3) is 23.3 Å². The fraction of sp³-hybridized carbons (Fsp3) is 0.174. The zero-order valence-electron chi connectivity index (χ0n) is 15.9. The molecular weight excluding hydrogens is 356 g/mol. The number of rotatable bonds is 6. The van der Waals surface area contributed by atoms with Crippen LogP contribution in [0, 0.1) is 0 Å². The largest absolute Gasteiger partial charge is 0.398 e.